The van der Waals surface area contributed by atoms with Crippen molar-refractivity contribution in [1.29, 1.82) is 5.26 Å². The molecule has 0 saturated carbocycles. The van der Waals surface area contributed by atoms with E-state index >= 15 is 0 Å². The largest absolute Gasteiger partial charge is 0.417 e. The first-order chi connectivity index (χ1) is 13.7. The average molecular weight is 406 g/mol. The van der Waals surface area contributed by atoms with Gasteiger partial charge >= 0.3 is 6.18 Å². The van der Waals surface area contributed by atoms with Crippen molar-refractivity contribution in [2.75, 3.05) is 19.0 Å². The Morgan fingerprint density at radius 1 is 1.28 bits per heavy atom. The molecule has 1 heterocycles. The maximum Gasteiger partial charge on any atom is 0.417 e. The topological polar surface area (TPSA) is 103 Å². The smallest absolute Gasteiger partial charge is 0.383 e. The molecule has 3 N–H and O–H groups in total. The Balaban J connectivity index is 2.13. The minimum Gasteiger partial charge on any atom is -0.383 e. The van der Waals surface area contributed by atoms with Gasteiger partial charge in [-0.1, -0.05) is 12.1 Å². The fourth-order valence-electron chi connectivity index (χ4n) is 2.91. The minimum atomic E-state index is -4.69. The number of aromatic nitrogens is 2. The third-order valence-corrected chi connectivity index (χ3v) is 4.27. The van der Waals surface area contributed by atoms with Crippen molar-refractivity contribution in [3.63, 3.8) is 0 Å². The van der Waals surface area contributed by atoms with Crippen LogP contribution in [0.4, 0.5) is 24.8 Å². The number of benzene rings is 2. The highest BCUT2D eigenvalue weighted by atomic mass is 19.4. The van der Waals surface area contributed by atoms with E-state index in [9.17, 15) is 23.4 Å². The number of alkyl halides is 3. The van der Waals surface area contributed by atoms with Crippen LogP contribution in [-0.4, -0.2) is 33.5 Å². The van der Waals surface area contributed by atoms with Crippen molar-refractivity contribution in [3.05, 3.63) is 53.1 Å². The van der Waals surface area contributed by atoms with Gasteiger partial charge in [-0.05, 0) is 24.3 Å². The molecule has 0 atom stereocenters. The van der Waals surface area contributed by atoms with E-state index in [4.69, 9.17) is 10.00 Å². The van der Waals surface area contributed by atoms with Crippen molar-refractivity contribution >= 4 is 22.7 Å². The van der Waals surface area contributed by atoms with Crippen LogP contribution in [0.1, 0.15) is 23.0 Å². The van der Waals surface area contributed by atoms with Crippen molar-refractivity contribution in [1.82, 2.24) is 9.55 Å². The van der Waals surface area contributed by atoms with Gasteiger partial charge in [0.25, 0.3) is 0 Å². The number of aliphatic hydroxyl groups is 2. The van der Waals surface area contributed by atoms with E-state index in [1.54, 1.807) is 22.8 Å². The molecule has 10 heteroatoms. The summed E-state index contributed by atoms with van der Waals surface area (Å²) < 4.78 is 46.5. The zero-order valence-electron chi connectivity index (χ0n) is 15.2. The lowest BCUT2D eigenvalue weighted by Gasteiger charge is -2.12. The number of nitrogens with one attached hydrogen (secondary N) is 1. The van der Waals surface area contributed by atoms with E-state index in [-0.39, 0.29) is 30.2 Å². The van der Waals surface area contributed by atoms with Crippen molar-refractivity contribution in [2.45, 2.75) is 19.0 Å². The molecule has 0 spiro atoms. The van der Waals surface area contributed by atoms with E-state index in [1.807, 2.05) is 0 Å². The summed E-state index contributed by atoms with van der Waals surface area (Å²) in [4.78, 5) is 4.25. The van der Waals surface area contributed by atoms with Crippen LogP contribution in [0.3, 0.4) is 0 Å². The van der Waals surface area contributed by atoms with Crippen LogP contribution in [0.25, 0.3) is 11.0 Å². The number of aliphatic hydroxyl groups excluding tert-OH is 1. The molecule has 0 radical (unpaired) electrons. The highest BCUT2D eigenvalue weighted by molar-refractivity contribution is 5.82. The predicted octanol–water partition coefficient (Wildman–Crippen LogP) is 3.30. The standard InChI is InChI=1S/C19H17F3N4O3/c1-29-6-5-26-16-8-12(10-23)14(19(20,21)22)9-15(16)25-18(26)24-13-4-2-3-11(7-13)17(27)28/h2-4,7-9,17,27-28H,5-6H2,1H3,(H,24,25). The Bertz CT molecular complexity index is 1070. The fraction of sp³-hybridized carbons (Fsp3) is 0.263. The summed E-state index contributed by atoms with van der Waals surface area (Å²) in [5.74, 6) is 0.227. The molecule has 0 saturated heterocycles. The van der Waals surface area contributed by atoms with E-state index in [0.717, 1.165) is 12.1 Å². The quantitative estimate of drug-likeness (QED) is 0.543. The second kappa shape index (κ2) is 8.08. The fourth-order valence-corrected chi connectivity index (χ4v) is 2.91. The number of hydrogen-bond acceptors (Lipinski definition) is 6. The van der Waals surface area contributed by atoms with Gasteiger partial charge in [-0.3, -0.25) is 0 Å². The van der Waals surface area contributed by atoms with Crippen LogP contribution in [0.2, 0.25) is 0 Å². The molecule has 0 fully saturated rings. The summed E-state index contributed by atoms with van der Waals surface area (Å²) >= 11 is 0. The maximum atomic E-state index is 13.3. The summed E-state index contributed by atoms with van der Waals surface area (Å²) in [6.07, 6.45) is -6.36. The van der Waals surface area contributed by atoms with E-state index < -0.39 is 23.6 Å². The van der Waals surface area contributed by atoms with Crippen molar-refractivity contribution in [2.24, 2.45) is 0 Å². The maximum absolute atomic E-state index is 13.3. The number of anilines is 2. The number of methoxy groups -OCH3 is 1. The second-order valence-corrected chi connectivity index (χ2v) is 6.20. The molecule has 1 aromatic heterocycles. The molecule has 0 aliphatic rings. The number of nitriles is 1. The van der Waals surface area contributed by atoms with Gasteiger partial charge in [0.05, 0.1) is 34.8 Å². The first-order valence-corrected chi connectivity index (χ1v) is 8.48. The number of hydrogen-bond donors (Lipinski definition) is 3. The second-order valence-electron chi connectivity index (χ2n) is 6.20. The van der Waals surface area contributed by atoms with Gasteiger partial charge < -0.3 is 24.8 Å². The molecule has 7 nitrogen and oxygen atoms in total. The molecule has 29 heavy (non-hydrogen) atoms. The van der Waals surface area contributed by atoms with E-state index in [2.05, 4.69) is 10.3 Å². The van der Waals surface area contributed by atoms with Gasteiger partial charge in [-0.25, -0.2) is 4.98 Å². The molecule has 3 aromatic rings. The van der Waals surface area contributed by atoms with Crippen LogP contribution < -0.4 is 5.32 Å². The summed E-state index contributed by atoms with van der Waals surface area (Å²) in [5, 5.41) is 30.8. The molecule has 0 amide bonds. The van der Waals surface area contributed by atoms with Gasteiger partial charge in [0, 0.05) is 24.9 Å². The molecule has 2 aromatic carbocycles. The number of ether oxygens (including phenoxy) is 1. The van der Waals surface area contributed by atoms with Crippen molar-refractivity contribution < 1.29 is 28.1 Å². The zero-order chi connectivity index (χ0) is 21.2. The SMILES string of the molecule is COCCn1c(Nc2cccc(C(O)O)c2)nc2cc(C(F)(F)F)c(C#N)cc21. The minimum absolute atomic E-state index is 0.0632. The first kappa shape index (κ1) is 20.6. The molecule has 152 valence electrons. The highest BCUT2D eigenvalue weighted by Gasteiger charge is 2.34. The molecule has 0 aliphatic carbocycles. The lowest BCUT2D eigenvalue weighted by Crippen LogP contribution is -2.10. The van der Waals surface area contributed by atoms with Crippen LogP contribution in [0, 0.1) is 11.3 Å². The van der Waals surface area contributed by atoms with E-state index in [1.165, 1.54) is 19.2 Å². The van der Waals surface area contributed by atoms with Gasteiger partial charge in [-0.15, -0.1) is 0 Å². The molecule has 0 bridgehead atoms. The third kappa shape index (κ3) is 4.32. The van der Waals surface area contributed by atoms with Crippen LogP contribution in [0.15, 0.2) is 36.4 Å². The normalized spacial score (nSPS) is 11.8. The number of nitrogens with zero attached hydrogens (tertiary/aromatic N) is 3. The monoisotopic (exact) mass is 406 g/mol. The Morgan fingerprint density at radius 2 is 2.03 bits per heavy atom. The van der Waals surface area contributed by atoms with Crippen LogP contribution >= 0.6 is 0 Å². The van der Waals surface area contributed by atoms with E-state index in [0.29, 0.717) is 11.2 Å². The van der Waals surface area contributed by atoms with Gasteiger partial charge in [-0.2, -0.15) is 18.4 Å². The number of imidazole rings is 1. The Morgan fingerprint density at radius 3 is 2.66 bits per heavy atom. The number of rotatable bonds is 6. The molecule has 0 aliphatic heterocycles. The summed E-state index contributed by atoms with van der Waals surface area (Å²) in [6.45, 7) is 0.534. The Kier molecular flexibility index (Phi) is 5.74. The lowest BCUT2D eigenvalue weighted by atomic mass is 10.1. The van der Waals surface area contributed by atoms with Crippen molar-refractivity contribution in [3.8, 4) is 6.07 Å². The molecular formula is C19H17F3N4O3. The summed E-state index contributed by atoms with van der Waals surface area (Å²) in [5.41, 5.74) is -0.455. The van der Waals surface area contributed by atoms with Crippen LogP contribution in [0.5, 0.6) is 0 Å². The van der Waals surface area contributed by atoms with Gasteiger partial charge in [0.1, 0.15) is 0 Å². The third-order valence-electron chi connectivity index (χ3n) is 4.27. The number of fused-ring (bicyclic) bond motifs is 1. The average Bonchev–Trinajstić information content (AvgIpc) is 3.00. The predicted molar refractivity (Wildman–Crippen MR) is 98.2 cm³/mol. The Hall–Kier alpha value is -3.13. The summed E-state index contributed by atoms with van der Waals surface area (Å²) in [6, 6.07) is 9.81. The molecule has 0 unspecified atom stereocenters. The van der Waals surface area contributed by atoms with Gasteiger partial charge in [0.2, 0.25) is 5.95 Å². The van der Waals surface area contributed by atoms with Crippen LogP contribution in [-0.2, 0) is 17.5 Å². The highest BCUT2D eigenvalue weighted by Crippen LogP contribution is 2.35. The zero-order valence-corrected chi connectivity index (χ0v) is 15.2. The molecule has 3 rings (SSSR count). The summed E-state index contributed by atoms with van der Waals surface area (Å²) in [7, 11) is 1.49. The Labute approximate surface area is 163 Å². The molecular weight excluding hydrogens is 389 g/mol. The van der Waals surface area contributed by atoms with Gasteiger partial charge in [0.15, 0.2) is 6.29 Å². The number of halogens is 3. The first-order valence-electron chi connectivity index (χ1n) is 8.48. The lowest BCUT2D eigenvalue weighted by molar-refractivity contribution is -0.137.